The number of halogens is 1. The molecule has 17 heavy (non-hydrogen) atoms. The second kappa shape index (κ2) is 5.19. The number of hydrogen-bond acceptors (Lipinski definition) is 0. The first-order chi connectivity index (χ1) is 8.09. The quantitative estimate of drug-likeness (QED) is 0.747. The zero-order chi connectivity index (χ0) is 12.3. The molecule has 2 aromatic carbocycles. The summed E-state index contributed by atoms with van der Waals surface area (Å²) in [4.78, 5) is 0. The maximum Gasteiger partial charge on any atom is 0.0849 e. The van der Waals surface area contributed by atoms with Crippen molar-refractivity contribution in [3.05, 3.63) is 64.6 Å². The van der Waals surface area contributed by atoms with Gasteiger partial charge in [-0.2, -0.15) is 0 Å². The molecule has 2 aromatic rings. The molecule has 0 atom stereocenters. The lowest BCUT2D eigenvalue weighted by molar-refractivity contribution is 1.30. The molecule has 0 saturated carbocycles. The van der Waals surface area contributed by atoms with E-state index >= 15 is 0 Å². The van der Waals surface area contributed by atoms with Gasteiger partial charge in [0.05, 0.1) is 8.07 Å². The van der Waals surface area contributed by atoms with E-state index in [2.05, 4.69) is 83.6 Å². The van der Waals surface area contributed by atoms with Crippen LogP contribution in [-0.2, 0) is 6.04 Å². The van der Waals surface area contributed by atoms with Crippen molar-refractivity contribution in [2.24, 2.45) is 0 Å². The molecule has 0 aliphatic heterocycles. The first-order valence-electron chi connectivity index (χ1n) is 5.88. The van der Waals surface area contributed by atoms with E-state index in [1.165, 1.54) is 21.3 Å². The molecule has 0 aliphatic carbocycles. The van der Waals surface area contributed by atoms with Gasteiger partial charge < -0.3 is 0 Å². The first-order valence-corrected chi connectivity index (χ1v) is 9.88. The van der Waals surface area contributed by atoms with Gasteiger partial charge in [-0.05, 0) is 17.7 Å². The lowest BCUT2D eigenvalue weighted by atomic mass is 10.2. The minimum atomic E-state index is -1.38. The minimum Gasteiger partial charge on any atom is -0.0652 e. The molecule has 0 bridgehead atoms. The number of rotatable bonds is 3. The van der Waals surface area contributed by atoms with E-state index in [0.29, 0.717) is 0 Å². The van der Waals surface area contributed by atoms with Gasteiger partial charge in [-0.3, -0.25) is 0 Å². The highest BCUT2D eigenvalue weighted by molar-refractivity contribution is 9.10. The van der Waals surface area contributed by atoms with Crippen LogP contribution in [-0.4, -0.2) is 8.07 Å². The van der Waals surface area contributed by atoms with Crippen LogP contribution in [0.1, 0.15) is 5.56 Å². The maximum absolute atomic E-state index is 3.64. The van der Waals surface area contributed by atoms with Crippen molar-refractivity contribution in [1.82, 2.24) is 0 Å². The Balaban J connectivity index is 2.27. The van der Waals surface area contributed by atoms with E-state index in [0.717, 1.165) is 0 Å². The summed E-state index contributed by atoms with van der Waals surface area (Å²) in [7, 11) is -1.38. The molecule has 2 heteroatoms. The van der Waals surface area contributed by atoms with Crippen molar-refractivity contribution in [3.63, 3.8) is 0 Å². The van der Waals surface area contributed by atoms with Crippen LogP contribution in [0.5, 0.6) is 0 Å². The Morgan fingerprint density at radius 3 is 2.12 bits per heavy atom. The van der Waals surface area contributed by atoms with E-state index in [4.69, 9.17) is 0 Å². The van der Waals surface area contributed by atoms with Crippen molar-refractivity contribution in [2.45, 2.75) is 19.1 Å². The molecule has 0 spiro atoms. The van der Waals surface area contributed by atoms with E-state index in [-0.39, 0.29) is 0 Å². The van der Waals surface area contributed by atoms with Gasteiger partial charge in [-0.25, -0.2) is 0 Å². The summed E-state index contributed by atoms with van der Waals surface area (Å²) < 4.78 is 1.23. The normalized spacial score (nSPS) is 11.5. The fourth-order valence-corrected chi connectivity index (χ4v) is 5.35. The third kappa shape index (κ3) is 3.08. The molecule has 88 valence electrons. The van der Waals surface area contributed by atoms with Gasteiger partial charge >= 0.3 is 0 Å². The van der Waals surface area contributed by atoms with Crippen LogP contribution in [0.2, 0.25) is 13.1 Å². The second-order valence-electron chi connectivity index (χ2n) is 5.02. The fourth-order valence-electron chi connectivity index (χ4n) is 2.11. The molecule has 0 N–H and O–H groups in total. The van der Waals surface area contributed by atoms with Crippen molar-refractivity contribution in [2.75, 3.05) is 0 Å². The molecule has 0 nitrogen and oxygen atoms in total. The van der Waals surface area contributed by atoms with Gasteiger partial charge in [0.2, 0.25) is 0 Å². The molecule has 0 heterocycles. The summed E-state index contributed by atoms with van der Waals surface area (Å²) in [5.41, 5.74) is 1.42. The van der Waals surface area contributed by atoms with Crippen LogP contribution in [0.3, 0.4) is 0 Å². The van der Waals surface area contributed by atoms with Crippen molar-refractivity contribution in [1.29, 1.82) is 0 Å². The third-order valence-corrected chi connectivity index (χ3v) is 7.08. The van der Waals surface area contributed by atoms with Gasteiger partial charge in [-0.1, -0.05) is 82.7 Å². The van der Waals surface area contributed by atoms with E-state index in [1.807, 2.05) is 0 Å². The standard InChI is InChI=1S/C15H17BrSi/c1-17(2,14-9-4-3-5-10-14)12-13-8-6-7-11-15(13)16/h3-11H,12H2,1-2H3. The summed E-state index contributed by atoms with van der Waals surface area (Å²) in [6.45, 7) is 4.86. The average molecular weight is 305 g/mol. The number of hydrogen-bond donors (Lipinski definition) is 0. The third-order valence-electron chi connectivity index (χ3n) is 3.15. The lowest BCUT2D eigenvalue weighted by Gasteiger charge is -2.23. The van der Waals surface area contributed by atoms with E-state index in [1.54, 1.807) is 0 Å². The lowest BCUT2D eigenvalue weighted by Crippen LogP contribution is -2.43. The van der Waals surface area contributed by atoms with Crippen LogP contribution in [0, 0.1) is 0 Å². The summed E-state index contributed by atoms with van der Waals surface area (Å²) >= 11 is 3.64. The molecule has 0 unspecified atom stereocenters. The van der Waals surface area contributed by atoms with Gasteiger partial charge in [0.25, 0.3) is 0 Å². The Morgan fingerprint density at radius 2 is 1.47 bits per heavy atom. The average Bonchev–Trinajstić information content (AvgIpc) is 2.33. The molecule has 0 fully saturated rings. The first kappa shape index (κ1) is 12.6. The zero-order valence-corrected chi connectivity index (χ0v) is 12.9. The van der Waals surface area contributed by atoms with Gasteiger partial charge in [0, 0.05) is 4.47 Å². The predicted molar refractivity (Wildman–Crippen MR) is 81.4 cm³/mol. The summed E-state index contributed by atoms with van der Waals surface area (Å²) in [5, 5.41) is 1.52. The Hall–Kier alpha value is -0.863. The molecule has 0 saturated heterocycles. The molecular weight excluding hydrogens is 288 g/mol. The highest BCUT2D eigenvalue weighted by Gasteiger charge is 2.24. The van der Waals surface area contributed by atoms with Crippen LogP contribution >= 0.6 is 15.9 Å². The van der Waals surface area contributed by atoms with Crippen molar-refractivity contribution in [3.8, 4) is 0 Å². The molecule has 2 rings (SSSR count). The van der Waals surface area contributed by atoms with Gasteiger partial charge in [0.15, 0.2) is 0 Å². The zero-order valence-electron chi connectivity index (χ0n) is 10.3. The summed E-state index contributed by atoms with van der Waals surface area (Å²) in [6.07, 6.45) is 0. The monoisotopic (exact) mass is 304 g/mol. The fraction of sp³-hybridized carbons (Fsp3) is 0.200. The topological polar surface area (TPSA) is 0 Å². The molecule has 0 amide bonds. The number of benzene rings is 2. The predicted octanol–water partition coefficient (Wildman–Crippen LogP) is 4.15. The smallest absolute Gasteiger partial charge is 0.0652 e. The van der Waals surface area contributed by atoms with E-state index < -0.39 is 8.07 Å². The molecular formula is C15H17BrSi. The summed E-state index contributed by atoms with van der Waals surface area (Å²) in [5.74, 6) is 0. The summed E-state index contributed by atoms with van der Waals surface area (Å²) in [6, 6.07) is 20.6. The highest BCUT2D eigenvalue weighted by Crippen LogP contribution is 2.20. The van der Waals surface area contributed by atoms with Crippen LogP contribution < -0.4 is 5.19 Å². The van der Waals surface area contributed by atoms with Gasteiger partial charge in [0.1, 0.15) is 0 Å². The molecule has 0 aromatic heterocycles. The van der Waals surface area contributed by atoms with Crippen molar-refractivity contribution >= 4 is 29.2 Å². The molecule has 0 radical (unpaired) electrons. The Kier molecular flexibility index (Phi) is 3.85. The SMILES string of the molecule is C[Si](C)(Cc1ccccc1Br)c1ccccc1. The van der Waals surface area contributed by atoms with Crippen LogP contribution in [0.4, 0.5) is 0 Å². The van der Waals surface area contributed by atoms with Crippen LogP contribution in [0.15, 0.2) is 59.1 Å². The Bertz CT molecular complexity index is 491. The van der Waals surface area contributed by atoms with Crippen LogP contribution in [0.25, 0.3) is 0 Å². The maximum atomic E-state index is 3.64. The van der Waals surface area contributed by atoms with Crippen molar-refractivity contribution < 1.29 is 0 Å². The van der Waals surface area contributed by atoms with Gasteiger partial charge in [-0.15, -0.1) is 0 Å². The molecule has 0 aliphatic rings. The largest absolute Gasteiger partial charge is 0.0849 e. The Morgan fingerprint density at radius 1 is 0.882 bits per heavy atom. The second-order valence-corrected chi connectivity index (χ2v) is 10.6. The minimum absolute atomic E-state index is 1.18. The Labute approximate surface area is 113 Å². The van der Waals surface area contributed by atoms with E-state index in [9.17, 15) is 0 Å². The highest BCUT2D eigenvalue weighted by atomic mass is 79.9.